The van der Waals surface area contributed by atoms with Crippen LogP contribution in [0.4, 0.5) is 4.79 Å². The van der Waals surface area contributed by atoms with Crippen molar-refractivity contribution in [3.8, 4) is 0 Å². The number of aliphatic hydroxyl groups excluding tert-OH is 1. The summed E-state index contributed by atoms with van der Waals surface area (Å²) < 4.78 is 0. The molecule has 0 rings (SSSR count). The number of hydrogen-bond acceptors (Lipinski definition) is 3. The van der Waals surface area contributed by atoms with Crippen LogP contribution in [0.1, 0.15) is 26.7 Å². The van der Waals surface area contributed by atoms with E-state index in [-0.39, 0.29) is 6.04 Å². The monoisotopic (exact) mass is 218 g/mol. The van der Waals surface area contributed by atoms with Gasteiger partial charge in [0.25, 0.3) is 0 Å². The number of carbonyl (C=O) groups is 2. The molecule has 1 atom stereocenters. The molecule has 0 aliphatic rings. The SMILES string of the molecule is CCC(CC)NC(=O)N[C@@H](CO)C(=O)O. The second-order valence-corrected chi connectivity index (χ2v) is 3.20. The van der Waals surface area contributed by atoms with Gasteiger partial charge in [-0.1, -0.05) is 13.8 Å². The highest BCUT2D eigenvalue weighted by Gasteiger charge is 2.19. The molecule has 0 aromatic rings. The van der Waals surface area contributed by atoms with E-state index >= 15 is 0 Å². The van der Waals surface area contributed by atoms with Crippen LogP contribution < -0.4 is 10.6 Å². The van der Waals surface area contributed by atoms with Gasteiger partial charge in [0.05, 0.1) is 6.61 Å². The van der Waals surface area contributed by atoms with Crippen molar-refractivity contribution in [3.05, 3.63) is 0 Å². The normalized spacial score (nSPS) is 12.3. The maximum Gasteiger partial charge on any atom is 0.328 e. The molecule has 0 aliphatic carbocycles. The Morgan fingerprint density at radius 1 is 1.20 bits per heavy atom. The van der Waals surface area contributed by atoms with Crippen molar-refractivity contribution >= 4 is 12.0 Å². The van der Waals surface area contributed by atoms with E-state index < -0.39 is 24.6 Å². The van der Waals surface area contributed by atoms with Crippen LogP contribution in [0.15, 0.2) is 0 Å². The van der Waals surface area contributed by atoms with Crippen LogP contribution >= 0.6 is 0 Å². The van der Waals surface area contributed by atoms with E-state index in [1.54, 1.807) is 0 Å². The zero-order valence-electron chi connectivity index (χ0n) is 8.99. The van der Waals surface area contributed by atoms with E-state index in [4.69, 9.17) is 10.2 Å². The van der Waals surface area contributed by atoms with Crippen molar-refractivity contribution < 1.29 is 19.8 Å². The summed E-state index contributed by atoms with van der Waals surface area (Å²) in [6.07, 6.45) is 1.56. The molecule has 0 saturated carbocycles. The molecule has 15 heavy (non-hydrogen) atoms. The van der Waals surface area contributed by atoms with Gasteiger partial charge in [-0.05, 0) is 12.8 Å². The van der Waals surface area contributed by atoms with Gasteiger partial charge >= 0.3 is 12.0 Å². The summed E-state index contributed by atoms with van der Waals surface area (Å²) in [6.45, 7) is 3.23. The number of carboxylic acid groups (broad SMARTS) is 1. The molecule has 0 aromatic heterocycles. The molecule has 2 amide bonds. The maximum atomic E-state index is 11.2. The van der Waals surface area contributed by atoms with Gasteiger partial charge in [0.15, 0.2) is 6.04 Å². The number of amides is 2. The molecule has 0 aliphatic heterocycles. The number of aliphatic carboxylic acids is 1. The van der Waals surface area contributed by atoms with Crippen molar-refractivity contribution in [2.24, 2.45) is 0 Å². The molecule has 0 unspecified atom stereocenters. The fraction of sp³-hybridized carbons (Fsp3) is 0.778. The first-order chi connectivity index (χ1) is 7.04. The minimum Gasteiger partial charge on any atom is -0.480 e. The molecular formula is C9H18N2O4. The summed E-state index contributed by atoms with van der Waals surface area (Å²) in [5.41, 5.74) is 0. The van der Waals surface area contributed by atoms with Gasteiger partial charge < -0.3 is 20.8 Å². The average molecular weight is 218 g/mol. The Kier molecular flexibility index (Phi) is 6.44. The molecule has 4 N–H and O–H groups in total. The summed E-state index contributed by atoms with van der Waals surface area (Å²) in [5, 5.41) is 22.0. The summed E-state index contributed by atoms with van der Waals surface area (Å²) in [6, 6.07) is -1.79. The lowest BCUT2D eigenvalue weighted by Gasteiger charge is -2.17. The Bertz CT molecular complexity index is 216. The van der Waals surface area contributed by atoms with Crippen LogP contribution in [0.25, 0.3) is 0 Å². The number of aliphatic hydroxyl groups is 1. The number of nitrogens with one attached hydrogen (secondary N) is 2. The van der Waals surface area contributed by atoms with Crippen LogP contribution in [-0.4, -0.2) is 40.9 Å². The zero-order valence-corrected chi connectivity index (χ0v) is 8.99. The number of rotatable bonds is 6. The molecule has 0 saturated heterocycles. The van der Waals surface area contributed by atoms with Crippen molar-refractivity contribution in [3.63, 3.8) is 0 Å². The van der Waals surface area contributed by atoms with Gasteiger partial charge in [-0.2, -0.15) is 0 Å². The van der Waals surface area contributed by atoms with Crippen molar-refractivity contribution in [2.45, 2.75) is 38.8 Å². The third-order valence-corrected chi connectivity index (χ3v) is 2.11. The lowest BCUT2D eigenvalue weighted by Crippen LogP contribution is -2.50. The largest absolute Gasteiger partial charge is 0.480 e. The third-order valence-electron chi connectivity index (χ3n) is 2.11. The highest BCUT2D eigenvalue weighted by atomic mass is 16.4. The van der Waals surface area contributed by atoms with E-state index in [2.05, 4.69) is 10.6 Å². The summed E-state index contributed by atoms with van der Waals surface area (Å²) in [4.78, 5) is 21.7. The minimum atomic E-state index is -1.25. The smallest absolute Gasteiger partial charge is 0.328 e. The Morgan fingerprint density at radius 3 is 2.07 bits per heavy atom. The Hall–Kier alpha value is -1.30. The number of hydrogen-bond donors (Lipinski definition) is 4. The Morgan fingerprint density at radius 2 is 1.73 bits per heavy atom. The molecule has 0 aromatic carbocycles. The summed E-state index contributed by atoms with van der Waals surface area (Å²) in [5.74, 6) is -1.25. The minimum absolute atomic E-state index is 0.0261. The van der Waals surface area contributed by atoms with Crippen LogP contribution in [-0.2, 0) is 4.79 Å². The number of carbonyl (C=O) groups excluding carboxylic acids is 1. The van der Waals surface area contributed by atoms with Gasteiger partial charge in [-0.3, -0.25) is 0 Å². The predicted octanol–water partition coefficient (Wildman–Crippen LogP) is -0.0803. The van der Waals surface area contributed by atoms with Crippen LogP contribution in [0.5, 0.6) is 0 Å². The molecule has 0 radical (unpaired) electrons. The Balaban J connectivity index is 4.06. The lowest BCUT2D eigenvalue weighted by molar-refractivity contribution is -0.140. The molecule has 0 bridgehead atoms. The van der Waals surface area contributed by atoms with Gasteiger partial charge in [0, 0.05) is 6.04 Å². The number of urea groups is 1. The fourth-order valence-corrected chi connectivity index (χ4v) is 1.06. The van der Waals surface area contributed by atoms with Crippen LogP contribution in [0, 0.1) is 0 Å². The highest BCUT2D eigenvalue weighted by molar-refractivity contribution is 5.82. The third kappa shape index (κ3) is 5.21. The lowest BCUT2D eigenvalue weighted by atomic mass is 10.2. The Labute approximate surface area is 88.7 Å². The predicted molar refractivity (Wildman–Crippen MR) is 54.5 cm³/mol. The first-order valence-corrected chi connectivity index (χ1v) is 4.95. The first kappa shape index (κ1) is 13.7. The highest BCUT2D eigenvalue weighted by Crippen LogP contribution is 1.95. The zero-order chi connectivity index (χ0) is 11.8. The number of carboxylic acids is 1. The van der Waals surface area contributed by atoms with Gasteiger partial charge in [-0.25, -0.2) is 9.59 Å². The quantitative estimate of drug-likeness (QED) is 0.501. The first-order valence-electron chi connectivity index (χ1n) is 4.95. The second kappa shape index (κ2) is 7.05. The van der Waals surface area contributed by atoms with E-state index in [0.717, 1.165) is 12.8 Å². The molecule has 6 heteroatoms. The van der Waals surface area contributed by atoms with E-state index in [0.29, 0.717) is 0 Å². The molecule has 6 nitrogen and oxygen atoms in total. The molecule has 0 heterocycles. The molecular weight excluding hydrogens is 200 g/mol. The van der Waals surface area contributed by atoms with E-state index in [1.807, 2.05) is 13.8 Å². The van der Waals surface area contributed by atoms with Gasteiger partial charge in [-0.15, -0.1) is 0 Å². The second-order valence-electron chi connectivity index (χ2n) is 3.20. The van der Waals surface area contributed by atoms with Crippen LogP contribution in [0.2, 0.25) is 0 Å². The summed E-state index contributed by atoms with van der Waals surface area (Å²) in [7, 11) is 0. The van der Waals surface area contributed by atoms with Gasteiger partial charge in [0.1, 0.15) is 0 Å². The average Bonchev–Trinajstić information content (AvgIpc) is 2.22. The van der Waals surface area contributed by atoms with Crippen LogP contribution in [0.3, 0.4) is 0 Å². The maximum absolute atomic E-state index is 11.2. The fourth-order valence-electron chi connectivity index (χ4n) is 1.06. The van der Waals surface area contributed by atoms with Crippen molar-refractivity contribution in [1.82, 2.24) is 10.6 Å². The molecule has 0 spiro atoms. The van der Waals surface area contributed by atoms with Crippen molar-refractivity contribution in [2.75, 3.05) is 6.61 Å². The summed E-state index contributed by atoms with van der Waals surface area (Å²) >= 11 is 0. The van der Waals surface area contributed by atoms with E-state index in [9.17, 15) is 9.59 Å². The van der Waals surface area contributed by atoms with Gasteiger partial charge in [0.2, 0.25) is 0 Å². The van der Waals surface area contributed by atoms with E-state index in [1.165, 1.54) is 0 Å². The van der Waals surface area contributed by atoms with Crippen molar-refractivity contribution in [1.29, 1.82) is 0 Å². The molecule has 0 fully saturated rings. The molecule has 88 valence electrons. The topological polar surface area (TPSA) is 98.7 Å². The standard InChI is InChI=1S/C9H18N2O4/c1-3-6(4-2)10-9(15)11-7(5-12)8(13)14/h6-7,12H,3-5H2,1-2H3,(H,13,14)(H2,10,11,15)/t7-/m0/s1.